The van der Waals surface area contributed by atoms with Crippen molar-refractivity contribution >= 4 is 18.6 Å². The van der Waals surface area contributed by atoms with Crippen LogP contribution < -0.4 is 5.73 Å². The molecule has 0 aliphatic heterocycles. The number of hydrogen-bond donors (Lipinski definition) is 3. The zero-order chi connectivity index (χ0) is 10.6. The van der Waals surface area contributed by atoms with E-state index in [9.17, 15) is 4.79 Å². The molecule has 3 N–H and O–H groups in total. The summed E-state index contributed by atoms with van der Waals surface area (Å²) in [5, 5.41) is 8.82. The zero-order valence-electron chi connectivity index (χ0n) is 8.32. The molecule has 4 nitrogen and oxygen atoms in total. The van der Waals surface area contributed by atoms with E-state index in [4.69, 9.17) is 10.8 Å². The van der Waals surface area contributed by atoms with Gasteiger partial charge in [0.1, 0.15) is 5.54 Å². The summed E-state index contributed by atoms with van der Waals surface area (Å²) >= 11 is 4.19. The van der Waals surface area contributed by atoms with E-state index in [2.05, 4.69) is 12.6 Å². The van der Waals surface area contributed by atoms with Crippen molar-refractivity contribution in [3.8, 4) is 0 Å². The molecule has 0 fully saturated rings. The summed E-state index contributed by atoms with van der Waals surface area (Å²) in [5.74, 6) is -0.869. The first-order valence-electron chi connectivity index (χ1n) is 4.20. The van der Waals surface area contributed by atoms with Crippen LogP contribution in [0.25, 0.3) is 0 Å². The number of nitrogens with zero attached hydrogens (tertiary/aromatic N) is 1. The first-order chi connectivity index (χ1) is 5.87. The maximum absolute atomic E-state index is 11.0. The van der Waals surface area contributed by atoms with Crippen molar-refractivity contribution in [2.45, 2.75) is 24.6 Å². The molecule has 78 valence electrons. The van der Waals surface area contributed by atoms with Crippen molar-refractivity contribution in [2.24, 2.45) is 5.73 Å². The van der Waals surface area contributed by atoms with Gasteiger partial charge in [0.25, 0.3) is 0 Å². The van der Waals surface area contributed by atoms with Gasteiger partial charge in [-0.3, -0.25) is 9.69 Å². The Labute approximate surface area is 84.5 Å². The van der Waals surface area contributed by atoms with Crippen LogP contribution in [0.4, 0.5) is 0 Å². The highest BCUT2D eigenvalue weighted by molar-refractivity contribution is 7.81. The van der Waals surface area contributed by atoms with Crippen LogP contribution in [0.2, 0.25) is 0 Å². The second-order valence-corrected chi connectivity index (χ2v) is 4.11. The van der Waals surface area contributed by atoms with Gasteiger partial charge >= 0.3 is 5.97 Å². The van der Waals surface area contributed by atoms with Crippen molar-refractivity contribution in [1.82, 2.24) is 4.90 Å². The van der Waals surface area contributed by atoms with E-state index in [1.807, 2.05) is 0 Å². The summed E-state index contributed by atoms with van der Waals surface area (Å²) in [4.78, 5) is 12.8. The Morgan fingerprint density at radius 1 is 1.77 bits per heavy atom. The standard InChI is InChI=1S/C8H18N2O2S/c1-6(13)8(2,7(11)12)10(3)5-4-9/h6,13H,4-5,9H2,1-3H3,(H,11,12)/t6?,8-/m0/s1. The Morgan fingerprint density at radius 3 is 2.46 bits per heavy atom. The maximum atomic E-state index is 11.0. The molecule has 1 unspecified atom stereocenters. The lowest BCUT2D eigenvalue weighted by Gasteiger charge is -2.37. The minimum atomic E-state index is -0.956. The molecule has 0 aliphatic rings. The second-order valence-electron chi connectivity index (χ2n) is 3.34. The third-order valence-corrected chi connectivity index (χ3v) is 3.01. The Balaban J connectivity index is 4.68. The van der Waals surface area contributed by atoms with Crippen molar-refractivity contribution in [3.63, 3.8) is 0 Å². The molecule has 0 spiro atoms. The largest absolute Gasteiger partial charge is 0.480 e. The van der Waals surface area contributed by atoms with Crippen molar-refractivity contribution in [3.05, 3.63) is 0 Å². The van der Waals surface area contributed by atoms with Crippen LogP contribution >= 0.6 is 12.6 Å². The molecule has 0 aromatic carbocycles. The summed E-state index contributed by atoms with van der Waals surface area (Å²) in [7, 11) is 1.74. The Kier molecular flexibility index (Phi) is 4.74. The maximum Gasteiger partial charge on any atom is 0.324 e. The van der Waals surface area contributed by atoms with Crippen LogP contribution in [0.5, 0.6) is 0 Å². The highest BCUT2D eigenvalue weighted by Crippen LogP contribution is 2.22. The molecule has 0 radical (unpaired) electrons. The van der Waals surface area contributed by atoms with E-state index in [0.29, 0.717) is 13.1 Å². The first-order valence-corrected chi connectivity index (χ1v) is 4.71. The molecule has 0 amide bonds. The van der Waals surface area contributed by atoms with Crippen LogP contribution in [-0.2, 0) is 4.79 Å². The Hall–Kier alpha value is -0.260. The molecule has 0 saturated heterocycles. The zero-order valence-corrected chi connectivity index (χ0v) is 9.21. The van der Waals surface area contributed by atoms with Gasteiger partial charge in [-0.25, -0.2) is 0 Å². The van der Waals surface area contributed by atoms with E-state index in [-0.39, 0.29) is 5.25 Å². The molecule has 0 rings (SSSR count). The van der Waals surface area contributed by atoms with Crippen LogP contribution in [0, 0.1) is 0 Å². The fourth-order valence-corrected chi connectivity index (χ4v) is 1.39. The van der Waals surface area contributed by atoms with Gasteiger partial charge in [0.05, 0.1) is 0 Å². The third-order valence-electron chi connectivity index (χ3n) is 2.50. The number of thiol groups is 1. The quantitative estimate of drug-likeness (QED) is 0.556. The van der Waals surface area contributed by atoms with Gasteiger partial charge in [0, 0.05) is 18.3 Å². The van der Waals surface area contributed by atoms with Gasteiger partial charge < -0.3 is 10.8 Å². The highest BCUT2D eigenvalue weighted by Gasteiger charge is 2.40. The topological polar surface area (TPSA) is 66.6 Å². The molecule has 0 heterocycles. The predicted molar refractivity (Wildman–Crippen MR) is 56.2 cm³/mol. The number of nitrogens with two attached hydrogens (primary N) is 1. The lowest BCUT2D eigenvalue weighted by Crippen LogP contribution is -2.57. The van der Waals surface area contributed by atoms with E-state index < -0.39 is 11.5 Å². The summed E-state index contributed by atoms with van der Waals surface area (Å²) in [6.45, 7) is 4.42. The molecule has 13 heavy (non-hydrogen) atoms. The minimum Gasteiger partial charge on any atom is -0.480 e. The average Bonchev–Trinajstić information content (AvgIpc) is 2.02. The van der Waals surface area contributed by atoms with Crippen LogP contribution in [0.1, 0.15) is 13.8 Å². The fraction of sp³-hybridized carbons (Fsp3) is 0.875. The summed E-state index contributed by atoms with van der Waals surface area (Å²) < 4.78 is 0. The predicted octanol–water partition coefficient (Wildman–Crippen LogP) is 0.0385. The van der Waals surface area contributed by atoms with Gasteiger partial charge in [-0.05, 0) is 14.0 Å². The molecule has 0 aliphatic carbocycles. The van der Waals surface area contributed by atoms with E-state index in [1.165, 1.54) is 0 Å². The number of carboxylic acid groups (broad SMARTS) is 1. The first kappa shape index (κ1) is 12.7. The molecule has 0 aromatic rings. The van der Waals surface area contributed by atoms with Crippen LogP contribution in [0.15, 0.2) is 0 Å². The Morgan fingerprint density at radius 2 is 2.23 bits per heavy atom. The van der Waals surface area contributed by atoms with Gasteiger partial charge in [-0.15, -0.1) is 0 Å². The molecule has 0 saturated carbocycles. The summed E-state index contributed by atoms with van der Waals surface area (Å²) in [6.07, 6.45) is 0. The third kappa shape index (κ3) is 2.59. The number of carbonyl (C=O) groups is 1. The molecular formula is C8H18N2O2S. The SMILES string of the molecule is CC(S)[C@@](C)(C(=O)O)N(C)CCN. The Bertz CT molecular complexity index is 187. The van der Waals surface area contributed by atoms with Gasteiger partial charge in [0.2, 0.25) is 0 Å². The molecule has 0 aromatic heterocycles. The summed E-state index contributed by atoms with van der Waals surface area (Å²) in [6, 6.07) is 0. The van der Waals surface area contributed by atoms with Crippen LogP contribution in [-0.4, -0.2) is 46.9 Å². The molecular weight excluding hydrogens is 188 g/mol. The average molecular weight is 206 g/mol. The smallest absolute Gasteiger partial charge is 0.324 e. The van der Waals surface area contributed by atoms with Gasteiger partial charge in [0.15, 0.2) is 0 Å². The lowest BCUT2D eigenvalue weighted by molar-refractivity contribution is -0.149. The van der Waals surface area contributed by atoms with Gasteiger partial charge in [-0.2, -0.15) is 12.6 Å². The fourth-order valence-electron chi connectivity index (χ4n) is 1.09. The molecule has 0 bridgehead atoms. The number of likely N-dealkylation sites (N-methyl/N-ethyl adjacent to an activating group) is 1. The minimum absolute atomic E-state index is 0.249. The molecule has 2 atom stereocenters. The van der Waals surface area contributed by atoms with Crippen molar-refractivity contribution < 1.29 is 9.90 Å². The van der Waals surface area contributed by atoms with E-state index in [0.717, 1.165) is 0 Å². The number of carboxylic acids is 1. The summed E-state index contributed by atoms with van der Waals surface area (Å²) in [5.41, 5.74) is 4.41. The normalized spacial score (nSPS) is 18.3. The number of rotatable bonds is 5. The van der Waals surface area contributed by atoms with Crippen LogP contribution in [0.3, 0.4) is 0 Å². The van der Waals surface area contributed by atoms with E-state index >= 15 is 0 Å². The number of aliphatic carboxylic acids is 1. The second kappa shape index (κ2) is 4.83. The highest BCUT2D eigenvalue weighted by atomic mass is 32.1. The van der Waals surface area contributed by atoms with Gasteiger partial charge in [-0.1, -0.05) is 6.92 Å². The lowest BCUT2D eigenvalue weighted by atomic mass is 9.96. The monoisotopic (exact) mass is 206 g/mol. The van der Waals surface area contributed by atoms with Crippen molar-refractivity contribution in [2.75, 3.05) is 20.1 Å². The number of hydrogen-bond acceptors (Lipinski definition) is 4. The van der Waals surface area contributed by atoms with E-state index in [1.54, 1.807) is 25.8 Å². The molecule has 5 heteroatoms. The van der Waals surface area contributed by atoms with Crippen molar-refractivity contribution in [1.29, 1.82) is 0 Å².